The largest absolute Gasteiger partial charge is 0.368 e. The number of aromatic amines is 1. The Morgan fingerprint density at radius 2 is 2.18 bits per heavy atom. The molecule has 0 fully saturated rings. The lowest BCUT2D eigenvalue weighted by Crippen LogP contribution is -1.97. The molecule has 0 saturated heterocycles. The second-order valence-corrected chi connectivity index (χ2v) is 4.96. The molecule has 0 saturated carbocycles. The maximum atomic E-state index is 6.16. The molecule has 0 spiro atoms. The number of fused-ring (bicyclic) bond motifs is 1. The van der Waals surface area contributed by atoms with Gasteiger partial charge in [0.15, 0.2) is 5.82 Å². The molecule has 88 valence electrons. The monoisotopic (exact) mass is 267 g/mol. The summed E-state index contributed by atoms with van der Waals surface area (Å²) in [6.07, 6.45) is 1.78. The summed E-state index contributed by atoms with van der Waals surface area (Å²) in [6, 6.07) is 5.59. The fraction of sp³-hybridized carbons (Fsp3) is 0.250. The number of benzene rings is 1. The molecule has 0 amide bonds. The van der Waals surface area contributed by atoms with Crippen LogP contribution in [0.25, 0.3) is 0 Å². The van der Waals surface area contributed by atoms with Crippen LogP contribution in [0.2, 0.25) is 10.0 Å². The number of hydrogen-bond acceptors (Lipinski definition) is 2. The lowest BCUT2D eigenvalue weighted by Gasteiger charge is -2.04. The third kappa shape index (κ3) is 2.01. The van der Waals surface area contributed by atoms with Crippen LogP contribution in [0.3, 0.4) is 0 Å². The third-order valence-electron chi connectivity index (χ3n) is 3.00. The van der Waals surface area contributed by atoms with Crippen molar-refractivity contribution < 1.29 is 0 Å². The lowest BCUT2D eigenvalue weighted by molar-refractivity contribution is 0.951. The van der Waals surface area contributed by atoms with Gasteiger partial charge in [0, 0.05) is 34.3 Å². The number of nitrogens with zero attached hydrogens (tertiary/aromatic N) is 1. The topological polar surface area (TPSA) is 40.7 Å². The fourth-order valence-electron chi connectivity index (χ4n) is 2.12. The summed E-state index contributed by atoms with van der Waals surface area (Å²) in [5.74, 6) is 0.977. The van der Waals surface area contributed by atoms with Gasteiger partial charge in [-0.3, -0.25) is 5.10 Å². The van der Waals surface area contributed by atoms with E-state index in [0.717, 1.165) is 36.5 Å². The van der Waals surface area contributed by atoms with Crippen molar-refractivity contribution in [1.29, 1.82) is 0 Å². The Bertz CT molecular complexity index is 563. The summed E-state index contributed by atoms with van der Waals surface area (Å²) in [4.78, 5) is 0. The molecule has 2 aromatic rings. The van der Waals surface area contributed by atoms with Gasteiger partial charge in [0.25, 0.3) is 0 Å². The van der Waals surface area contributed by atoms with Crippen LogP contribution in [-0.2, 0) is 12.8 Å². The Hall–Kier alpha value is -1.19. The second-order valence-electron chi connectivity index (χ2n) is 4.12. The maximum absolute atomic E-state index is 6.16. The van der Waals surface area contributed by atoms with E-state index >= 15 is 0 Å². The maximum Gasteiger partial charge on any atom is 0.151 e. The highest BCUT2D eigenvalue weighted by molar-refractivity contribution is 6.35. The number of aromatic nitrogens is 2. The molecule has 0 atom stereocenters. The Labute approximate surface area is 109 Å². The van der Waals surface area contributed by atoms with Crippen LogP contribution in [0.15, 0.2) is 18.2 Å². The molecule has 0 bridgehead atoms. The Balaban J connectivity index is 1.91. The average molecular weight is 268 g/mol. The van der Waals surface area contributed by atoms with E-state index in [1.807, 2.05) is 12.1 Å². The van der Waals surface area contributed by atoms with Crippen molar-refractivity contribution >= 4 is 29.0 Å². The van der Waals surface area contributed by atoms with Crippen LogP contribution in [-0.4, -0.2) is 16.7 Å². The van der Waals surface area contributed by atoms with Crippen LogP contribution in [0.4, 0.5) is 5.82 Å². The molecule has 0 aliphatic carbocycles. The summed E-state index contributed by atoms with van der Waals surface area (Å²) in [5, 5.41) is 11.9. The number of nitrogens with one attached hydrogen (secondary N) is 2. The Kier molecular flexibility index (Phi) is 2.73. The van der Waals surface area contributed by atoms with Crippen molar-refractivity contribution in [1.82, 2.24) is 10.2 Å². The summed E-state index contributed by atoms with van der Waals surface area (Å²) in [6.45, 7) is 0.966. The zero-order valence-electron chi connectivity index (χ0n) is 9.06. The molecule has 1 aliphatic rings. The molecule has 2 heterocycles. The van der Waals surface area contributed by atoms with Gasteiger partial charge in [-0.2, -0.15) is 5.10 Å². The quantitative estimate of drug-likeness (QED) is 0.877. The van der Waals surface area contributed by atoms with E-state index in [1.165, 1.54) is 5.56 Å². The fourth-order valence-corrected chi connectivity index (χ4v) is 2.60. The first-order valence-corrected chi connectivity index (χ1v) is 6.23. The highest BCUT2D eigenvalue weighted by Crippen LogP contribution is 2.27. The zero-order valence-corrected chi connectivity index (χ0v) is 10.6. The second kappa shape index (κ2) is 4.24. The predicted octanol–water partition coefficient (Wildman–Crippen LogP) is 3.28. The molecule has 3 nitrogen and oxygen atoms in total. The minimum atomic E-state index is 0.662. The van der Waals surface area contributed by atoms with Gasteiger partial charge >= 0.3 is 0 Å². The van der Waals surface area contributed by atoms with Gasteiger partial charge in [-0.05, 0) is 24.1 Å². The lowest BCUT2D eigenvalue weighted by atomic mass is 10.1. The number of rotatable bonds is 2. The smallest absolute Gasteiger partial charge is 0.151 e. The van der Waals surface area contributed by atoms with Crippen molar-refractivity contribution in [3.63, 3.8) is 0 Å². The van der Waals surface area contributed by atoms with Gasteiger partial charge in [0.1, 0.15) is 0 Å². The summed E-state index contributed by atoms with van der Waals surface area (Å²) in [7, 11) is 0. The van der Waals surface area contributed by atoms with Gasteiger partial charge < -0.3 is 5.32 Å². The molecule has 0 radical (unpaired) electrons. The minimum Gasteiger partial charge on any atom is -0.368 e. The van der Waals surface area contributed by atoms with Crippen molar-refractivity contribution in [2.45, 2.75) is 12.8 Å². The van der Waals surface area contributed by atoms with Crippen LogP contribution >= 0.6 is 23.2 Å². The number of H-pyrrole nitrogens is 1. The molecule has 5 heteroatoms. The molecule has 1 aromatic heterocycles. The molecule has 0 unspecified atom stereocenters. The van der Waals surface area contributed by atoms with Crippen LogP contribution in [0, 0.1) is 0 Å². The van der Waals surface area contributed by atoms with Gasteiger partial charge in [-0.15, -0.1) is 0 Å². The van der Waals surface area contributed by atoms with E-state index in [4.69, 9.17) is 23.2 Å². The number of halogens is 2. The van der Waals surface area contributed by atoms with Gasteiger partial charge in [0.2, 0.25) is 0 Å². The van der Waals surface area contributed by atoms with Gasteiger partial charge in [-0.1, -0.05) is 29.3 Å². The molecular weight excluding hydrogens is 257 g/mol. The molecule has 1 aliphatic heterocycles. The first-order chi connectivity index (χ1) is 8.24. The number of hydrogen-bond donors (Lipinski definition) is 2. The van der Waals surface area contributed by atoms with Crippen LogP contribution < -0.4 is 5.32 Å². The van der Waals surface area contributed by atoms with E-state index in [1.54, 1.807) is 6.07 Å². The van der Waals surface area contributed by atoms with Crippen molar-refractivity contribution in [3.8, 4) is 0 Å². The third-order valence-corrected chi connectivity index (χ3v) is 3.59. The summed E-state index contributed by atoms with van der Waals surface area (Å²) >= 11 is 12.0. The van der Waals surface area contributed by atoms with E-state index in [2.05, 4.69) is 15.5 Å². The van der Waals surface area contributed by atoms with Crippen molar-refractivity contribution in [3.05, 3.63) is 45.1 Å². The Morgan fingerprint density at radius 3 is 3.00 bits per heavy atom. The summed E-state index contributed by atoms with van der Waals surface area (Å²) in [5.41, 5.74) is 3.47. The first kappa shape index (κ1) is 10.9. The molecule has 2 N–H and O–H groups in total. The van der Waals surface area contributed by atoms with E-state index in [-0.39, 0.29) is 0 Å². The highest BCUT2D eigenvalue weighted by atomic mass is 35.5. The standard InChI is InChI=1S/C12H11Cl2N3/c13-8-2-1-7(10(14)6-8)5-11-9-3-4-15-12(9)17-16-11/h1-2,6H,3-5H2,(H2,15,16,17). The van der Waals surface area contributed by atoms with E-state index in [0.29, 0.717) is 10.0 Å². The van der Waals surface area contributed by atoms with Crippen LogP contribution in [0.1, 0.15) is 16.8 Å². The first-order valence-electron chi connectivity index (χ1n) is 5.48. The van der Waals surface area contributed by atoms with Gasteiger partial charge in [-0.25, -0.2) is 0 Å². The van der Waals surface area contributed by atoms with Gasteiger partial charge in [0.05, 0.1) is 0 Å². The minimum absolute atomic E-state index is 0.662. The average Bonchev–Trinajstić information content (AvgIpc) is 2.86. The van der Waals surface area contributed by atoms with Crippen LogP contribution in [0.5, 0.6) is 0 Å². The van der Waals surface area contributed by atoms with Crippen molar-refractivity contribution in [2.75, 3.05) is 11.9 Å². The summed E-state index contributed by atoms with van der Waals surface area (Å²) < 4.78 is 0. The Morgan fingerprint density at radius 1 is 1.29 bits per heavy atom. The SMILES string of the molecule is Clc1ccc(Cc2[nH]nc3c2CCN3)c(Cl)c1. The predicted molar refractivity (Wildman–Crippen MR) is 70.0 cm³/mol. The molecule has 1 aromatic carbocycles. The molecule has 3 rings (SSSR count). The van der Waals surface area contributed by atoms with E-state index in [9.17, 15) is 0 Å². The normalized spacial score (nSPS) is 13.5. The highest BCUT2D eigenvalue weighted by Gasteiger charge is 2.18. The zero-order chi connectivity index (χ0) is 11.8. The van der Waals surface area contributed by atoms with E-state index < -0.39 is 0 Å². The number of anilines is 1. The molecule has 17 heavy (non-hydrogen) atoms. The van der Waals surface area contributed by atoms with Crippen molar-refractivity contribution in [2.24, 2.45) is 0 Å². The molecular formula is C12H11Cl2N3.